The van der Waals surface area contributed by atoms with Crippen LogP contribution in [0.5, 0.6) is 5.75 Å². The van der Waals surface area contributed by atoms with Gasteiger partial charge in [-0.25, -0.2) is 8.42 Å². The van der Waals surface area contributed by atoms with Crippen LogP contribution in [0.2, 0.25) is 0 Å². The summed E-state index contributed by atoms with van der Waals surface area (Å²) in [5, 5.41) is 0. The number of benzene rings is 1. The zero-order valence-corrected chi connectivity index (χ0v) is 11.4. The van der Waals surface area contributed by atoms with Crippen molar-refractivity contribution in [2.24, 2.45) is 0 Å². The van der Waals surface area contributed by atoms with Gasteiger partial charge < -0.3 is 10.5 Å². The number of rotatable bonds is 3. The van der Waals surface area contributed by atoms with Crippen LogP contribution in [0.15, 0.2) is 23.1 Å². The zero-order chi connectivity index (χ0) is 13.3. The van der Waals surface area contributed by atoms with Crippen LogP contribution < -0.4 is 10.5 Å². The van der Waals surface area contributed by atoms with Crippen LogP contribution in [0.25, 0.3) is 0 Å². The van der Waals surface area contributed by atoms with Gasteiger partial charge >= 0.3 is 0 Å². The third-order valence-electron chi connectivity index (χ3n) is 3.30. The Labute approximate surface area is 108 Å². The van der Waals surface area contributed by atoms with Gasteiger partial charge in [-0.2, -0.15) is 4.31 Å². The molecule has 0 amide bonds. The van der Waals surface area contributed by atoms with Gasteiger partial charge in [-0.05, 0) is 31.9 Å². The van der Waals surface area contributed by atoms with E-state index in [0.717, 1.165) is 12.8 Å². The van der Waals surface area contributed by atoms with Crippen molar-refractivity contribution in [3.05, 3.63) is 18.2 Å². The molecule has 0 radical (unpaired) electrons. The quantitative estimate of drug-likeness (QED) is 0.844. The Bertz CT molecular complexity index is 542. The fourth-order valence-electron chi connectivity index (χ4n) is 2.25. The summed E-state index contributed by atoms with van der Waals surface area (Å²) < 4.78 is 31.5. The summed E-state index contributed by atoms with van der Waals surface area (Å²) in [7, 11) is -1.97. The molecule has 1 saturated heterocycles. The molecule has 0 aromatic heterocycles. The minimum absolute atomic E-state index is 0.0542. The Morgan fingerprint density at radius 1 is 1.44 bits per heavy atom. The first-order valence-electron chi connectivity index (χ1n) is 5.92. The fourth-order valence-corrected chi connectivity index (χ4v) is 3.97. The zero-order valence-electron chi connectivity index (χ0n) is 10.6. The predicted molar refractivity (Wildman–Crippen MR) is 70.0 cm³/mol. The van der Waals surface area contributed by atoms with Crippen molar-refractivity contribution in [1.82, 2.24) is 4.31 Å². The first kappa shape index (κ1) is 13.2. The standard InChI is InChI=1S/C12H18N2O3S/c1-9-4-3-7-14(9)18(15,16)10-5-6-11(13)12(8-10)17-2/h5-6,8-9H,3-4,7,13H2,1-2H3. The number of methoxy groups -OCH3 is 1. The molecule has 1 aromatic rings. The second kappa shape index (κ2) is 4.78. The molecule has 18 heavy (non-hydrogen) atoms. The van der Waals surface area contributed by atoms with Gasteiger partial charge in [-0.1, -0.05) is 0 Å². The number of nitrogens with two attached hydrogens (primary N) is 1. The third-order valence-corrected chi connectivity index (χ3v) is 5.31. The summed E-state index contributed by atoms with van der Waals surface area (Å²) in [4.78, 5) is 0.238. The molecular formula is C12H18N2O3S. The number of hydrogen-bond acceptors (Lipinski definition) is 4. The van der Waals surface area contributed by atoms with Gasteiger partial charge in [0.15, 0.2) is 0 Å². The molecule has 5 nitrogen and oxygen atoms in total. The van der Waals surface area contributed by atoms with E-state index in [-0.39, 0.29) is 10.9 Å². The fraction of sp³-hybridized carbons (Fsp3) is 0.500. The number of nitrogen functional groups attached to an aromatic ring is 1. The van der Waals surface area contributed by atoms with Crippen molar-refractivity contribution < 1.29 is 13.2 Å². The first-order valence-corrected chi connectivity index (χ1v) is 7.36. The maximum absolute atomic E-state index is 12.5. The summed E-state index contributed by atoms with van der Waals surface area (Å²) in [6.45, 7) is 2.51. The van der Waals surface area contributed by atoms with E-state index in [4.69, 9.17) is 10.5 Å². The van der Waals surface area contributed by atoms with Crippen LogP contribution in [-0.2, 0) is 10.0 Å². The lowest BCUT2D eigenvalue weighted by Gasteiger charge is -2.21. The lowest BCUT2D eigenvalue weighted by molar-refractivity contribution is 0.404. The van der Waals surface area contributed by atoms with Crippen molar-refractivity contribution in [2.75, 3.05) is 19.4 Å². The molecule has 1 heterocycles. The number of nitrogens with zero attached hydrogens (tertiary/aromatic N) is 1. The van der Waals surface area contributed by atoms with Gasteiger partial charge in [-0.15, -0.1) is 0 Å². The SMILES string of the molecule is COc1cc(S(=O)(=O)N2CCCC2C)ccc1N. The number of hydrogen-bond donors (Lipinski definition) is 1. The molecule has 100 valence electrons. The maximum atomic E-state index is 12.5. The summed E-state index contributed by atoms with van der Waals surface area (Å²) in [5.74, 6) is 0.392. The highest BCUT2D eigenvalue weighted by Crippen LogP contribution is 2.30. The minimum atomic E-state index is -3.44. The molecular weight excluding hydrogens is 252 g/mol. The van der Waals surface area contributed by atoms with Gasteiger partial charge in [0.25, 0.3) is 0 Å². The van der Waals surface area contributed by atoms with E-state index >= 15 is 0 Å². The largest absolute Gasteiger partial charge is 0.495 e. The monoisotopic (exact) mass is 270 g/mol. The molecule has 1 atom stereocenters. The highest BCUT2D eigenvalue weighted by molar-refractivity contribution is 7.89. The Hall–Kier alpha value is -1.27. The second-order valence-electron chi connectivity index (χ2n) is 4.51. The van der Waals surface area contributed by atoms with E-state index < -0.39 is 10.0 Å². The molecule has 0 saturated carbocycles. The molecule has 2 rings (SSSR count). The van der Waals surface area contributed by atoms with Crippen molar-refractivity contribution in [2.45, 2.75) is 30.7 Å². The Morgan fingerprint density at radius 2 is 2.17 bits per heavy atom. The minimum Gasteiger partial charge on any atom is -0.495 e. The van der Waals surface area contributed by atoms with Gasteiger partial charge in [0.05, 0.1) is 17.7 Å². The maximum Gasteiger partial charge on any atom is 0.243 e. The lowest BCUT2D eigenvalue weighted by atomic mass is 10.3. The summed E-state index contributed by atoms with van der Waals surface area (Å²) in [6, 6.07) is 4.62. The average Bonchev–Trinajstić information content (AvgIpc) is 2.76. The van der Waals surface area contributed by atoms with Crippen molar-refractivity contribution >= 4 is 15.7 Å². The Morgan fingerprint density at radius 3 is 2.72 bits per heavy atom. The van der Waals surface area contributed by atoms with Gasteiger partial charge in [-0.3, -0.25) is 0 Å². The van der Waals surface area contributed by atoms with Crippen molar-refractivity contribution in [1.29, 1.82) is 0 Å². The van der Waals surface area contributed by atoms with Crippen LogP contribution in [0, 0.1) is 0 Å². The van der Waals surface area contributed by atoms with Crippen LogP contribution in [0.3, 0.4) is 0 Å². The lowest BCUT2D eigenvalue weighted by Crippen LogP contribution is -2.33. The van der Waals surface area contributed by atoms with E-state index in [0.29, 0.717) is 18.0 Å². The summed E-state index contributed by atoms with van der Waals surface area (Å²) in [6.07, 6.45) is 1.82. The van der Waals surface area contributed by atoms with Crippen LogP contribution in [0.4, 0.5) is 5.69 Å². The molecule has 1 unspecified atom stereocenters. The third kappa shape index (κ3) is 2.18. The highest BCUT2D eigenvalue weighted by atomic mass is 32.2. The molecule has 0 aliphatic carbocycles. The molecule has 0 bridgehead atoms. The van der Waals surface area contributed by atoms with Crippen molar-refractivity contribution in [3.8, 4) is 5.75 Å². The van der Waals surface area contributed by atoms with Crippen molar-refractivity contribution in [3.63, 3.8) is 0 Å². The average molecular weight is 270 g/mol. The van der Waals surface area contributed by atoms with E-state index in [9.17, 15) is 8.42 Å². The first-order chi connectivity index (χ1) is 8.46. The second-order valence-corrected chi connectivity index (χ2v) is 6.40. The normalized spacial score (nSPS) is 21.1. The Balaban J connectivity index is 2.41. The number of ether oxygens (including phenoxy) is 1. The van der Waals surface area contributed by atoms with Gasteiger partial charge in [0, 0.05) is 18.7 Å². The molecule has 1 aromatic carbocycles. The van der Waals surface area contributed by atoms with Gasteiger partial charge in [0.2, 0.25) is 10.0 Å². The summed E-state index contributed by atoms with van der Waals surface area (Å²) >= 11 is 0. The van der Waals surface area contributed by atoms with E-state index in [1.165, 1.54) is 23.5 Å². The number of sulfonamides is 1. The molecule has 1 fully saturated rings. The van der Waals surface area contributed by atoms with E-state index in [2.05, 4.69) is 0 Å². The highest BCUT2D eigenvalue weighted by Gasteiger charge is 2.32. The molecule has 1 aliphatic rings. The van der Waals surface area contributed by atoms with E-state index in [1.807, 2.05) is 6.92 Å². The molecule has 1 aliphatic heterocycles. The van der Waals surface area contributed by atoms with E-state index in [1.54, 1.807) is 6.07 Å². The molecule has 6 heteroatoms. The van der Waals surface area contributed by atoms with Crippen LogP contribution in [-0.4, -0.2) is 32.4 Å². The van der Waals surface area contributed by atoms with Crippen LogP contribution >= 0.6 is 0 Å². The van der Waals surface area contributed by atoms with Crippen LogP contribution in [0.1, 0.15) is 19.8 Å². The topological polar surface area (TPSA) is 72.6 Å². The summed E-state index contributed by atoms with van der Waals surface area (Å²) in [5.41, 5.74) is 6.13. The predicted octanol–water partition coefficient (Wildman–Crippen LogP) is 1.45. The smallest absolute Gasteiger partial charge is 0.243 e. The number of anilines is 1. The molecule has 0 spiro atoms. The molecule has 2 N–H and O–H groups in total. The Kier molecular flexibility index (Phi) is 3.49. The van der Waals surface area contributed by atoms with Gasteiger partial charge in [0.1, 0.15) is 5.75 Å².